The number of hydrogen-bond donors (Lipinski definition) is 1. The number of ether oxygens (including phenoxy) is 2. The molecule has 0 aliphatic carbocycles. The predicted octanol–water partition coefficient (Wildman–Crippen LogP) is 1.07. The zero-order valence-corrected chi connectivity index (χ0v) is 8.40. The number of fused-ring (bicyclic) bond motifs is 1. The molecule has 0 unspecified atom stereocenters. The molecule has 1 aliphatic heterocycles. The quantitative estimate of drug-likeness (QED) is 0.458. The lowest BCUT2D eigenvalue weighted by Crippen LogP contribution is -2.13. The summed E-state index contributed by atoms with van der Waals surface area (Å²) < 4.78 is 10.4. The smallest absolute Gasteiger partial charge is 0.231 e. The van der Waals surface area contributed by atoms with Crippen molar-refractivity contribution in [2.45, 2.75) is 6.92 Å². The third-order valence-electron chi connectivity index (χ3n) is 1.96. The highest BCUT2D eigenvalue weighted by Crippen LogP contribution is 2.32. The van der Waals surface area contributed by atoms with Gasteiger partial charge in [-0.05, 0) is 25.1 Å². The fourth-order valence-electron chi connectivity index (χ4n) is 1.24. The molecule has 0 aromatic heterocycles. The summed E-state index contributed by atoms with van der Waals surface area (Å²) in [6, 6.07) is 5.39. The van der Waals surface area contributed by atoms with E-state index in [0.29, 0.717) is 18.2 Å². The predicted molar refractivity (Wildman–Crippen MR) is 54.9 cm³/mol. The number of oxime groups is 1. The summed E-state index contributed by atoms with van der Waals surface area (Å²) in [5.74, 6) is 1.74. The Kier molecular flexibility index (Phi) is 2.62. The summed E-state index contributed by atoms with van der Waals surface area (Å²) in [5, 5.41) is 3.74. The second-order valence-corrected chi connectivity index (χ2v) is 2.96. The lowest BCUT2D eigenvalue weighted by atomic mass is 10.2. The van der Waals surface area contributed by atoms with E-state index in [1.807, 2.05) is 13.0 Å². The summed E-state index contributed by atoms with van der Waals surface area (Å²) in [6.45, 7) is 2.59. The van der Waals surface area contributed by atoms with Crippen LogP contribution < -0.4 is 15.2 Å². The first-order valence-electron chi connectivity index (χ1n) is 4.66. The molecule has 1 aromatic rings. The summed E-state index contributed by atoms with van der Waals surface area (Å²) in [5.41, 5.74) is 6.46. The molecule has 1 heterocycles. The van der Waals surface area contributed by atoms with Gasteiger partial charge in [-0.25, -0.2) is 0 Å². The van der Waals surface area contributed by atoms with Crippen LogP contribution in [0.3, 0.4) is 0 Å². The largest absolute Gasteiger partial charge is 0.454 e. The Labute approximate surface area is 87.4 Å². The van der Waals surface area contributed by atoms with E-state index in [1.54, 1.807) is 12.1 Å². The Morgan fingerprint density at radius 2 is 2.27 bits per heavy atom. The van der Waals surface area contributed by atoms with Gasteiger partial charge in [0.05, 0.1) is 0 Å². The van der Waals surface area contributed by atoms with E-state index in [2.05, 4.69) is 5.16 Å². The van der Waals surface area contributed by atoms with Crippen LogP contribution in [0.2, 0.25) is 0 Å². The van der Waals surface area contributed by atoms with Crippen LogP contribution in [0.5, 0.6) is 11.5 Å². The van der Waals surface area contributed by atoms with Crippen molar-refractivity contribution in [3.63, 3.8) is 0 Å². The third kappa shape index (κ3) is 1.96. The van der Waals surface area contributed by atoms with Gasteiger partial charge in [0.1, 0.15) is 6.61 Å². The lowest BCUT2D eigenvalue weighted by Gasteiger charge is -2.02. The van der Waals surface area contributed by atoms with Gasteiger partial charge in [-0.1, -0.05) is 5.16 Å². The van der Waals surface area contributed by atoms with E-state index in [9.17, 15) is 0 Å². The van der Waals surface area contributed by atoms with Crippen molar-refractivity contribution in [2.24, 2.45) is 10.9 Å². The minimum absolute atomic E-state index is 0.251. The molecule has 80 valence electrons. The van der Waals surface area contributed by atoms with Crippen LogP contribution in [0.15, 0.2) is 23.4 Å². The summed E-state index contributed by atoms with van der Waals surface area (Å²) in [6.07, 6.45) is 0. The lowest BCUT2D eigenvalue weighted by molar-refractivity contribution is 0.158. The molecule has 0 bridgehead atoms. The highest BCUT2D eigenvalue weighted by Gasteiger charge is 2.14. The Hall–Kier alpha value is -1.91. The van der Waals surface area contributed by atoms with Gasteiger partial charge in [0.25, 0.3) is 0 Å². The SMILES string of the molecule is CCO/N=C(\N)c1ccc2c(c1)OCO2. The second kappa shape index (κ2) is 4.08. The summed E-state index contributed by atoms with van der Waals surface area (Å²) in [4.78, 5) is 4.86. The first-order chi connectivity index (χ1) is 7.31. The molecule has 2 rings (SSSR count). The molecule has 5 nitrogen and oxygen atoms in total. The van der Waals surface area contributed by atoms with Crippen molar-refractivity contribution >= 4 is 5.84 Å². The summed E-state index contributed by atoms with van der Waals surface area (Å²) >= 11 is 0. The monoisotopic (exact) mass is 208 g/mol. The van der Waals surface area contributed by atoms with E-state index in [4.69, 9.17) is 20.0 Å². The minimum atomic E-state index is 0.251. The normalized spacial score (nSPS) is 14.1. The van der Waals surface area contributed by atoms with Gasteiger partial charge in [0.15, 0.2) is 17.3 Å². The molecule has 0 fully saturated rings. The highest BCUT2D eigenvalue weighted by molar-refractivity contribution is 5.97. The molecule has 15 heavy (non-hydrogen) atoms. The first kappa shape index (κ1) is 9.64. The Morgan fingerprint density at radius 1 is 1.47 bits per heavy atom. The topological polar surface area (TPSA) is 66.1 Å². The van der Waals surface area contributed by atoms with Gasteiger partial charge >= 0.3 is 0 Å². The average molecular weight is 208 g/mol. The molecule has 0 radical (unpaired) electrons. The van der Waals surface area contributed by atoms with Gasteiger partial charge in [0.2, 0.25) is 6.79 Å². The number of hydrogen-bond acceptors (Lipinski definition) is 4. The fraction of sp³-hybridized carbons (Fsp3) is 0.300. The van der Waals surface area contributed by atoms with Crippen LogP contribution in [-0.2, 0) is 4.84 Å². The molecule has 0 amide bonds. The van der Waals surface area contributed by atoms with Gasteiger partial charge in [-0.15, -0.1) is 0 Å². The van der Waals surface area contributed by atoms with E-state index in [0.717, 1.165) is 11.3 Å². The maximum atomic E-state index is 5.70. The van der Waals surface area contributed by atoms with Crippen molar-refractivity contribution in [1.82, 2.24) is 0 Å². The van der Waals surface area contributed by atoms with Crippen LogP contribution in [0.1, 0.15) is 12.5 Å². The maximum Gasteiger partial charge on any atom is 0.231 e. The van der Waals surface area contributed by atoms with Crippen molar-refractivity contribution in [3.05, 3.63) is 23.8 Å². The molecule has 0 spiro atoms. The Morgan fingerprint density at radius 3 is 3.07 bits per heavy atom. The maximum absolute atomic E-state index is 5.70. The number of nitrogens with two attached hydrogens (primary N) is 1. The number of rotatable bonds is 3. The standard InChI is InChI=1S/C10H12N2O3/c1-2-15-12-10(11)7-3-4-8-9(5-7)14-6-13-8/h3-5H,2,6H2,1H3,(H2,11,12). The first-order valence-corrected chi connectivity index (χ1v) is 4.66. The van der Waals surface area contributed by atoms with E-state index < -0.39 is 0 Å². The van der Waals surface area contributed by atoms with Crippen LogP contribution in [0.25, 0.3) is 0 Å². The van der Waals surface area contributed by atoms with Crippen molar-refractivity contribution in [3.8, 4) is 11.5 Å². The van der Waals surface area contributed by atoms with Gasteiger partial charge in [-0.3, -0.25) is 0 Å². The third-order valence-corrected chi connectivity index (χ3v) is 1.96. The molecule has 0 atom stereocenters. The Bertz CT molecular complexity index is 390. The van der Waals surface area contributed by atoms with E-state index in [1.165, 1.54) is 0 Å². The Balaban J connectivity index is 2.22. The van der Waals surface area contributed by atoms with Crippen molar-refractivity contribution in [1.29, 1.82) is 0 Å². The van der Waals surface area contributed by atoms with Gasteiger partial charge in [-0.2, -0.15) is 0 Å². The van der Waals surface area contributed by atoms with Gasteiger partial charge in [0, 0.05) is 5.56 Å². The van der Waals surface area contributed by atoms with Crippen molar-refractivity contribution in [2.75, 3.05) is 13.4 Å². The molecular formula is C10H12N2O3. The zero-order chi connectivity index (χ0) is 10.7. The van der Waals surface area contributed by atoms with Crippen molar-refractivity contribution < 1.29 is 14.3 Å². The van der Waals surface area contributed by atoms with Gasteiger partial charge < -0.3 is 20.0 Å². The fourth-order valence-corrected chi connectivity index (χ4v) is 1.24. The molecule has 1 aliphatic rings. The highest BCUT2D eigenvalue weighted by atomic mass is 16.7. The average Bonchev–Trinajstić information content (AvgIpc) is 2.72. The number of benzene rings is 1. The molecule has 5 heteroatoms. The molecular weight excluding hydrogens is 196 g/mol. The molecule has 0 saturated heterocycles. The van der Waals surface area contributed by atoms with Crippen LogP contribution in [-0.4, -0.2) is 19.2 Å². The van der Waals surface area contributed by atoms with E-state index >= 15 is 0 Å². The minimum Gasteiger partial charge on any atom is -0.454 e. The molecule has 1 aromatic carbocycles. The van der Waals surface area contributed by atoms with Crippen LogP contribution >= 0.6 is 0 Å². The number of nitrogens with zero attached hydrogens (tertiary/aromatic N) is 1. The molecule has 2 N–H and O–H groups in total. The summed E-state index contributed by atoms with van der Waals surface area (Å²) in [7, 11) is 0. The van der Waals surface area contributed by atoms with E-state index in [-0.39, 0.29) is 6.79 Å². The van der Waals surface area contributed by atoms with Crippen LogP contribution in [0.4, 0.5) is 0 Å². The zero-order valence-electron chi connectivity index (χ0n) is 8.40. The molecule has 0 saturated carbocycles. The number of amidine groups is 1. The second-order valence-electron chi connectivity index (χ2n) is 2.96. The van der Waals surface area contributed by atoms with Crippen LogP contribution in [0, 0.1) is 0 Å².